The van der Waals surface area contributed by atoms with Crippen LogP contribution < -0.4 is 10.1 Å². The van der Waals surface area contributed by atoms with Crippen molar-refractivity contribution >= 4 is 39.5 Å². The molecule has 1 aliphatic heterocycles. The van der Waals surface area contributed by atoms with E-state index in [-0.39, 0.29) is 19.1 Å². The van der Waals surface area contributed by atoms with E-state index in [2.05, 4.69) is 21.2 Å². The number of imide groups is 1. The number of carbonyl (C=O) groups is 2. The Morgan fingerprint density at radius 3 is 2.68 bits per heavy atom. The van der Waals surface area contributed by atoms with Crippen molar-refractivity contribution in [2.45, 2.75) is 12.5 Å². The smallest absolute Gasteiger partial charge is 0.325 e. The molecule has 0 radical (unpaired) electrons. The molecule has 0 unspecified atom stereocenters. The predicted octanol–water partition coefficient (Wildman–Crippen LogP) is 3.95. The lowest BCUT2D eigenvalue weighted by Crippen LogP contribution is -2.41. The number of amides is 3. The van der Waals surface area contributed by atoms with Gasteiger partial charge in [-0.05, 0) is 31.2 Å². The maximum atomic E-state index is 12.8. The van der Waals surface area contributed by atoms with Gasteiger partial charge in [0, 0.05) is 15.1 Å². The van der Waals surface area contributed by atoms with Crippen molar-refractivity contribution in [2.75, 3.05) is 13.2 Å². The number of hydrogen-bond acceptors (Lipinski definition) is 3. The molecule has 1 heterocycles. The summed E-state index contributed by atoms with van der Waals surface area (Å²) in [7, 11) is 0. The molecule has 0 aromatic heterocycles. The average Bonchev–Trinajstić information content (AvgIpc) is 2.79. The molecule has 1 atom stereocenters. The number of nitrogens with zero attached hydrogens (tertiary/aromatic N) is 1. The molecule has 3 amide bonds. The third kappa shape index (κ3) is 3.50. The molecule has 1 aliphatic rings. The van der Waals surface area contributed by atoms with Gasteiger partial charge in [-0.3, -0.25) is 9.69 Å². The van der Waals surface area contributed by atoms with E-state index in [1.165, 1.54) is 0 Å². The van der Waals surface area contributed by atoms with Crippen LogP contribution in [0.15, 0.2) is 53.0 Å². The summed E-state index contributed by atoms with van der Waals surface area (Å²) in [6.45, 7) is 2.01. The van der Waals surface area contributed by atoms with Crippen LogP contribution in [-0.2, 0) is 10.3 Å². The SMILES string of the molecule is C[C@]1(c2ccccc2Cl)NC(=O)N(CCOc2cccc(Br)c2)C1=O. The zero-order valence-corrected chi connectivity index (χ0v) is 15.8. The van der Waals surface area contributed by atoms with Gasteiger partial charge in [-0.25, -0.2) is 4.79 Å². The Morgan fingerprint density at radius 1 is 1.20 bits per heavy atom. The first kappa shape index (κ1) is 17.8. The van der Waals surface area contributed by atoms with E-state index in [1.807, 2.05) is 24.3 Å². The van der Waals surface area contributed by atoms with E-state index < -0.39 is 11.6 Å². The van der Waals surface area contributed by atoms with Gasteiger partial charge in [-0.15, -0.1) is 0 Å². The summed E-state index contributed by atoms with van der Waals surface area (Å²) >= 11 is 9.57. The molecule has 0 spiro atoms. The maximum Gasteiger partial charge on any atom is 0.325 e. The number of carbonyl (C=O) groups excluding carboxylic acids is 2. The number of ether oxygens (including phenoxy) is 1. The van der Waals surface area contributed by atoms with Crippen LogP contribution >= 0.6 is 27.5 Å². The van der Waals surface area contributed by atoms with E-state index in [1.54, 1.807) is 31.2 Å². The van der Waals surface area contributed by atoms with Crippen molar-refractivity contribution in [1.29, 1.82) is 0 Å². The minimum absolute atomic E-state index is 0.150. The highest BCUT2D eigenvalue weighted by Gasteiger charge is 2.49. The fraction of sp³-hybridized carbons (Fsp3) is 0.222. The normalized spacial score (nSPS) is 19.9. The molecule has 1 fully saturated rings. The van der Waals surface area contributed by atoms with E-state index in [9.17, 15) is 9.59 Å². The lowest BCUT2D eigenvalue weighted by Gasteiger charge is -2.23. The first-order valence-corrected chi connectivity index (χ1v) is 8.86. The molecule has 130 valence electrons. The van der Waals surface area contributed by atoms with Gasteiger partial charge in [0.05, 0.1) is 6.54 Å². The number of nitrogens with one attached hydrogen (secondary N) is 1. The molecule has 0 bridgehead atoms. The Kier molecular flexibility index (Phi) is 5.01. The van der Waals surface area contributed by atoms with Crippen LogP contribution in [0.2, 0.25) is 5.02 Å². The third-order valence-corrected chi connectivity index (χ3v) is 4.89. The molecular weight excluding hydrogens is 408 g/mol. The van der Waals surface area contributed by atoms with Crippen molar-refractivity contribution in [2.24, 2.45) is 0 Å². The topological polar surface area (TPSA) is 58.6 Å². The summed E-state index contributed by atoms with van der Waals surface area (Å²) in [5, 5.41) is 3.17. The summed E-state index contributed by atoms with van der Waals surface area (Å²) in [4.78, 5) is 26.2. The second-order valence-electron chi connectivity index (χ2n) is 5.80. The molecule has 1 saturated heterocycles. The van der Waals surface area contributed by atoms with Crippen LogP contribution in [-0.4, -0.2) is 30.0 Å². The Hall–Kier alpha value is -2.05. The number of benzene rings is 2. The van der Waals surface area contributed by atoms with Gasteiger partial charge in [0.2, 0.25) is 0 Å². The molecule has 0 saturated carbocycles. The van der Waals surface area contributed by atoms with Gasteiger partial charge in [0.15, 0.2) is 0 Å². The summed E-state index contributed by atoms with van der Waals surface area (Å²) in [6.07, 6.45) is 0. The fourth-order valence-corrected chi connectivity index (χ4v) is 3.46. The van der Waals surface area contributed by atoms with E-state index in [0.717, 1.165) is 9.37 Å². The molecule has 2 aromatic carbocycles. The summed E-state index contributed by atoms with van der Waals surface area (Å²) in [6, 6.07) is 13.9. The number of halogens is 2. The van der Waals surface area contributed by atoms with E-state index in [4.69, 9.17) is 16.3 Å². The van der Waals surface area contributed by atoms with E-state index in [0.29, 0.717) is 16.3 Å². The van der Waals surface area contributed by atoms with Crippen LogP contribution in [0, 0.1) is 0 Å². The molecule has 7 heteroatoms. The Balaban J connectivity index is 1.70. The Labute approximate surface area is 159 Å². The Morgan fingerprint density at radius 2 is 1.96 bits per heavy atom. The minimum Gasteiger partial charge on any atom is -0.492 e. The fourth-order valence-electron chi connectivity index (χ4n) is 2.76. The molecule has 3 rings (SSSR count). The molecule has 25 heavy (non-hydrogen) atoms. The monoisotopic (exact) mass is 422 g/mol. The van der Waals surface area contributed by atoms with Crippen LogP contribution in [0.3, 0.4) is 0 Å². The quantitative estimate of drug-likeness (QED) is 0.741. The highest BCUT2D eigenvalue weighted by atomic mass is 79.9. The second-order valence-corrected chi connectivity index (χ2v) is 7.12. The lowest BCUT2D eigenvalue weighted by molar-refractivity contribution is -0.131. The standard InChI is InChI=1S/C18H16BrClN2O3/c1-18(14-7-2-3-8-15(14)20)16(23)22(17(24)21-18)9-10-25-13-6-4-5-12(19)11-13/h2-8,11H,9-10H2,1H3,(H,21,24)/t18-/m1/s1. The van der Waals surface area contributed by atoms with Crippen LogP contribution in [0.1, 0.15) is 12.5 Å². The Bertz CT molecular complexity index is 829. The van der Waals surface area contributed by atoms with Crippen LogP contribution in [0.4, 0.5) is 4.79 Å². The summed E-state index contributed by atoms with van der Waals surface area (Å²) in [5.74, 6) is 0.318. The average molecular weight is 424 g/mol. The van der Waals surface area contributed by atoms with Gasteiger partial charge < -0.3 is 10.1 Å². The first-order valence-electron chi connectivity index (χ1n) is 7.69. The zero-order chi connectivity index (χ0) is 18.0. The van der Waals surface area contributed by atoms with Crippen LogP contribution in [0.25, 0.3) is 0 Å². The predicted molar refractivity (Wildman–Crippen MR) is 98.7 cm³/mol. The number of urea groups is 1. The largest absolute Gasteiger partial charge is 0.492 e. The third-order valence-electron chi connectivity index (χ3n) is 4.07. The highest BCUT2D eigenvalue weighted by molar-refractivity contribution is 9.10. The zero-order valence-electron chi connectivity index (χ0n) is 13.5. The lowest BCUT2D eigenvalue weighted by atomic mass is 9.92. The molecule has 5 nitrogen and oxygen atoms in total. The first-order chi connectivity index (χ1) is 11.9. The van der Waals surface area contributed by atoms with Gasteiger partial charge in [0.25, 0.3) is 5.91 Å². The van der Waals surface area contributed by atoms with Gasteiger partial charge >= 0.3 is 6.03 Å². The number of hydrogen-bond donors (Lipinski definition) is 1. The van der Waals surface area contributed by atoms with Crippen molar-refractivity contribution in [3.8, 4) is 5.75 Å². The second kappa shape index (κ2) is 7.06. The van der Waals surface area contributed by atoms with Crippen molar-refractivity contribution < 1.29 is 14.3 Å². The number of rotatable bonds is 5. The van der Waals surface area contributed by atoms with Gasteiger partial charge in [-0.1, -0.05) is 51.8 Å². The van der Waals surface area contributed by atoms with Gasteiger partial charge in [0.1, 0.15) is 17.9 Å². The summed E-state index contributed by atoms with van der Waals surface area (Å²) in [5.41, 5.74) is -0.601. The van der Waals surface area contributed by atoms with Crippen molar-refractivity contribution in [3.05, 3.63) is 63.6 Å². The maximum absolute atomic E-state index is 12.8. The molecule has 2 aromatic rings. The molecular formula is C18H16BrClN2O3. The summed E-state index contributed by atoms with van der Waals surface area (Å²) < 4.78 is 6.51. The molecule has 0 aliphatic carbocycles. The van der Waals surface area contributed by atoms with Gasteiger partial charge in [-0.2, -0.15) is 0 Å². The molecule has 1 N–H and O–H groups in total. The van der Waals surface area contributed by atoms with E-state index >= 15 is 0 Å². The van der Waals surface area contributed by atoms with Crippen LogP contribution in [0.5, 0.6) is 5.75 Å². The van der Waals surface area contributed by atoms with Crippen molar-refractivity contribution in [1.82, 2.24) is 10.2 Å². The highest BCUT2D eigenvalue weighted by Crippen LogP contribution is 2.33. The van der Waals surface area contributed by atoms with Crippen molar-refractivity contribution in [3.63, 3.8) is 0 Å². The minimum atomic E-state index is -1.18.